The minimum atomic E-state index is -0.235. The lowest BCUT2D eigenvalue weighted by Crippen LogP contribution is -2.43. The fraction of sp³-hybridized carbons (Fsp3) is 0.500. The molecular weight excluding hydrogens is 228 g/mol. The predicted molar refractivity (Wildman–Crippen MR) is 71.7 cm³/mol. The van der Waals surface area contributed by atoms with E-state index < -0.39 is 0 Å². The average molecular weight is 248 g/mol. The van der Waals surface area contributed by atoms with Gasteiger partial charge < -0.3 is 15.4 Å². The van der Waals surface area contributed by atoms with E-state index in [1.807, 2.05) is 18.2 Å². The first-order valence-corrected chi connectivity index (χ1v) is 6.29. The highest BCUT2D eigenvalue weighted by Crippen LogP contribution is 2.37. The number of benzene rings is 1. The van der Waals surface area contributed by atoms with Crippen molar-refractivity contribution in [3.8, 4) is 0 Å². The number of amides is 1. The molecule has 0 aliphatic carbocycles. The Morgan fingerprint density at radius 2 is 2.22 bits per heavy atom. The summed E-state index contributed by atoms with van der Waals surface area (Å²) in [7, 11) is 1.70. The Morgan fingerprint density at radius 3 is 2.89 bits per heavy atom. The maximum atomic E-state index is 11.6. The molecule has 1 aromatic carbocycles. The topological polar surface area (TPSA) is 55.6 Å². The number of para-hydroxylation sites is 1. The molecular formula is C14H20N2O2. The standard InChI is InChI=1S/C14H20N2O2/c1-10-9-12(14(15)17)11-5-3-4-6-13(11)16(10)7-8-18-2/h3-6,10,12H,7-9H2,1-2H3,(H2,15,17)/t10-,12-/m1/s1. The largest absolute Gasteiger partial charge is 0.383 e. The molecule has 4 heteroatoms. The van der Waals surface area contributed by atoms with E-state index in [0.717, 1.165) is 24.2 Å². The third-order valence-electron chi connectivity index (χ3n) is 3.61. The van der Waals surface area contributed by atoms with Crippen molar-refractivity contribution in [2.45, 2.75) is 25.3 Å². The minimum absolute atomic E-state index is 0.171. The summed E-state index contributed by atoms with van der Waals surface area (Å²) < 4.78 is 5.15. The molecule has 1 aliphatic heterocycles. The fourth-order valence-corrected chi connectivity index (χ4v) is 2.68. The highest BCUT2D eigenvalue weighted by Gasteiger charge is 2.32. The van der Waals surface area contributed by atoms with Gasteiger partial charge >= 0.3 is 0 Å². The van der Waals surface area contributed by atoms with Crippen LogP contribution >= 0.6 is 0 Å². The molecule has 0 saturated carbocycles. The van der Waals surface area contributed by atoms with Crippen LogP contribution in [-0.4, -0.2) is 32.2 Å². The van der Waals surface area contributed by atoms with Gasteiger partial charge in [0, 0.05) is 25.4 Å². The van der Waals surface area contributed by atoms with E-state index in [2.05, 4.69) is 17.9 Å². The lowest BCUT2D eigenvalue weighted by atomic mass is 9.85. The van der Waals surface area contributed by atoms with Crippen LogP contribution in [0, 0.1) is 0 Å². The van der Waals surface area contributed by atoms with Crippen LogP contribution in [0.25, 0.3) is 0 Å². The van der Waals surface area contributed by atoms with Gasteiger partial charge in [0.25, 0.3) is 0 Å². The van der Waals surface area contributed by atoms with Gasteiger partial charge in [0.15, 0.2) is 0 Å². The number of ether oxygens (including phenoxy) is 1. The summed E-state index contributed by atoms with van der Waals surface area (Å²) in [5, 5.41) is 0. The molecule has 0 saturated heterocycles. The summed E-state index contributed by atoms with van der Waals surface area (Å²) in [4.78, 5) is 13.9. The number of nitrogens with zero attached hydrogens (tertiary/aromatic N) is 1. The van der Waals surface area contributed by atoms with Crippen LogP contribution in [0.15, 0.2) is 24.3 Å². The van der Waals surface area contributed by atoms with E-state index in [0.29, 0.717) is 12.6 Å². The van der Waals surface area contributed by atoms with Crippen molar-refractivity contribution in [3.63, 3.8) is 0 Å². The second-order valence-electron chi connectivity index (χ2n) is 4.78. The van der Waals surface area contributed by atoms with Crippen molar-refractivity contribution < 1.29 is 9.53 Å². The SMILES string of the molecule is COCCN1c2ccccc2[C@H](C(N)=O)C[C@H]1C. The van der Waals surface area contributed by atoms with Crippen LogP contribution in [0.4, 0.5) is 5.69 Å². The van der Waals surface area contributed by atoms with Crippen molar-refractivity contribution in [1.29, 1.82) is 0 Å². The summed E-state index contributed by atoms with van der Waals surface area (Å²) in [5.74, 6) is -0.407. The van der Waals surface area contributed by atoms with E-state index in [1.54, 1.807) is 7.11 Å². The van der Waals surface area contributed by atoms with Crippen molar-refractivity contribution in [2.24, 2.45) is 5.73 Å². The second kappa shape index (κ2) is 5.40. The average Bonchev–Trinajstić information content (AvgIpc) is 2.36. The van der Waals surface area contributed by atoms with Gasteiger partial charge in [-0.05, 0) is 25.0 Å². The van der Waals surface area contributed by atoms with E-state index >= 15 is 0 Å². The van der Waals surface area contributed by atoms with Crippen molar-refractivity contribution >= 4 is 11.6 Å². The number of hydrogen-bond acceptors (Lipinski definition) is 3. The third-order valence-corrected chi connectivity index (χ3v) is 3.61. The zero-order chi connectivity index (χ0) is 13.1. The predicted octanol–water partition coefficient (Wildman–Crippen LogP) is 1.50. The highest BCUT2D eigenvalue weighted by atomic mass is 16.5. The molecule has 0 unspecified atom stereocenters. The van der Waals surface area contributed by atoms with Crippen LogP contribution in [0.2, 0.25) is 0 Å². The summed E-state index contributed by atoms with van der Waals surface area (Å²) in [6.07, 6.45) is 0.774. The van der Waals surface area contributed by atoms with E-state index in [9.17, 15) is 4.79 Å². The van der Waals surface area contributed by atoms with Crippen molar-refractivity contribution in [3.05, 3.63) is 29.8 Å². The van der Waals surface area contributed by atoms with Crippen LogP contribution < -0.4 is 10.6 Å². The molecule has 18 heavy (non-hydrogen) atoms. The summed E-state index contributed by atoms with van der Waals surface area (Å²) in [6.45, 7) is 3.64. The fourth-order valence-electron chi connectivity index (χ4n) is 2.68. The minimum Gasteiger partial charge on any atom is -0.383 e. The molecule has 0 aromatic heterocycles. The molecule has 0 bridgehead atoms. The Labute approximate surface area is 108 Å². The number of nitrogens with two attached hydrogens (primary N) is 1. The zero-order valence-corrected chi connectivity index (χ0v) is 10.9. The summed E-state index contributed by atoms with van der Waals surface area (Å²) in [6, 6.07) is 8.30. The Kier molecular flexibility index (Phi) is 3.87. The van der Waals surface area contributed by atoms with Gasteiger partial charge in [-0.1, -0.05) is 18.2 Å². The van der Waals surface area contributed by atoms with Crippen molar-refractivity contribution in [2.75, 3.05) is 25.2 Å². The lowest BCUT2D eigenvalue weighted by Gasteiger charge is -2.39. The van der Waals surface area contributed by atoms with Gasteiger partial charge in [-0.25, -0.2) is 0 Å². The first-order valence-electron chi connectivity index (χ1n) is 6.29. The molecule has 4 nitrogen and oxygen atoms in total. The molecule has 2 atom stereocenters. The highest BCUT2D eigenvalue weighted by molar-refractivity contribution is 5.85. The zero-order valence-electron chi connectivity index (χ0n) is 10.9. The van der Waals surface area contributed by atoms with Gasteiger partial charge in [0.05, 0.1) is 12.5 Å². The van der Waals surface area contributed by atoms with Gasteiger partial charge in [-0.2, -0.15) is 0 Å². The number of hydrogen-bond donors (Lipinski definition) is 1. The van der Waals surface area contributed by atoms with Crippen LogP contribution in [0.5, 0.6) is 0 Å². The number of methoxy groups -OCH3 is 1. The third kappa shape index (κ3) is 2.34. The van der Waals surface area contributed by atoms with E-state index in [1.165, 1.54) is 0 Å². The number of rotatable bonds is 4. The molecule has 1 amide bonds. The smallest absolute Gasteiger partial charge is 0.225 e. The van der Waals surface area contributed by atoms with Crippen LogP contribution in [-0.2, 0) is 9.53 Å². The Hall–Kier alpha value is -1.55. The molecule has 1 aromatic rings. The van der Waals surface area contributed by atoms with Crippen LogP contribution in [0.1, 0.15) is 24.8 Å². The Bertz CT molecular complexity index is 434. The number of fused-ring (bicyclic) bond motifs is 1. The molecule has 0 fully saturated rings. The molecule has 0 spiro atoms. The number of carbonyl (C=O) groups is 1. The molecule has 1 heterocycles. The molecule has 2 rings (SSSR count). The Morgan fingerprint density at radius 1 is 1.50 bits per heavy atom. The van der Waals surface area contributed by atoms with Gasteiger partial charge in [-0.3, -0.25) is 4.79 Å². The second-order valence-corrected chi connectivity index (χ2v) is 4.78. The van der Waals surface area contributed by atoms with E-state index in [4.69, 9.17) is 10.5 Å². The van der Waals surface area contributed by atoms with Gasteiger partial charge in [0.2, 0.25) is 5.91 Å². The summed E-state index contributed by atoms with van der Waals surface area (Å²) in [5.41, 5.74) is 7.66. The van der Waals surface area contributed by atoms with Crippen molar-refractivity contribution in [1.82, 2.24) is 0 Å². The molecule has 0 radical (unpaired) electrons. The maximum Gasteiger partial charge on any atom is 0.225 e. The molecule has 1 aliphatic rings. The lowest BCUT2D eigenvalue weighted by molar-refractivity contribution is -0.119. The van der Waals surface area contributed by atoms with Gasteiger partial charge in [0.1, 0.15) is 0 Å². The maximum absolute atomic E-state index is 11.6. The normalized spacial score (nSPS) is 22.7. The van der Waals surface area contributed by atoms with Crippen LogP contribution in [0.3, 0.4) is 0 Å². The monoisotopic (exact) mass is 248 g/mol. The first-order chi connectivity index (χ1) is 8.65. The number of anilines is 1. The van der Waals surface area contributed by atoms with Gasteiger partial charge in [-0.15, -0.1) is 0 Å². The summed E-state index contributed by atoms with van der Waals surface area (Å²) >= 11 is 0. The number of primary amides is 1. The first kappa shape index (κ1) is 12.9. The van der Waals surface area contributed by atoms with E-state index in [-0.39, 0.29) is 11.8 Å². The molecule has 98 valence electrons. The number of carbonyl (C=O) groups excluding carboxylic acids is 1. The Balaban J connectivity index is 2.35. The molecule has 2 N–H and O–H groups in total. The quantitative estimate of drug-likeness (QED) is 0.878.